The van der Waals surface area contributed by atoms with Gasteiger partial charge in [-0.25, -0.2) is 4.79 Å². The molecule has 0 amide bonds. The zero-order valence-electron chi connectivity index (χ0n) is 9.87. The van der Waals surface area contributed by atoms with Gasteiger partial charge in [0.25, 0.3) is 0 Å². The van der Waals surface area contributed by atoms with E-state index in [1.54, 1.807) is 20.8 Å². The Kier molecular flexibility index (Phi) is 4.26. The molecule has 7 heteroatoms. The van der Waals surface area contributed by atoms with E-state index in [4.69, 9.17) is 9.47 Å². The molecule has 0 unspecified atom stereocenters. The number of rotatable bonds is 2. The van der Waals surface area contributed by atoms with Gasteiger partial charge in [-0.1, -0.05) is 11.3 Å². The summed E-state index contributed by atoms with van der Waals surface area (Å²) in [5.74, 6) is -0.948. The van der Waals surface area contributed by atoms with Crippen LogP contribution in [0.5, 0.6) is 5.88 Å². The number of carbonyl (C=O) groups is 2. The van der Waals surface area contributed by atoms with Crippen molar-refractivity contribution in [3.05, 3.63) is 8.79 Å². The summed E-state index contributed by atoms with van der Waals surface area (Å²) in [5.41, 5.74) is -0.586. The van der Waals surface area contributed by atoms with Gasteiger partial charge in [-0.05, 0) is 36.7 Å². The van der Waals surface area contributed by atoms with E-state index in [0.29, 0.717) is 3.79 Å². The molecule has 0 aliphatic carbocycles. The van der Waals surface area contributed by atoms with Gasteiger partial charge in [0.2, 0.25) is 10.9 Å². The van der Waals surface area contributed by atoms with Crippen molar-refractivity contribution >= 4 is 39.2 Å². The number of esters is 2. The van der Waals surface area contributed by atoms with E-state index in [1.165, 1.54) is 6.92 Å². The fourth-order valence-electron chi connectivity index (χ4n) is 0.896. The molecular weight excluding hydrogens is 310 g/mol. The summed E-state index contributed by atoms with van der Waals surface area (Å²) in [6, 6.07) is 0. The molecule has 0 fully saturated rings. The van der Waals surface area contributed by atoms with Crippen LogP contribution >= 0.6 is 27.3 Å². The van der Waals surface area contributed by atoms with Crippen molar-refractivity contribution in [2.45, 2.75) is 33.3 Å². The minimum Gasteiger partial charge on any atom is -0.455 e. The molecule has 94 valence electrons. The second kappa shape index (κ2) is 5.14. The fourth-order valence-corrected chi connectivity index (χ4v) is 2.12. The maximum Gasteiger partial charge on any atom is 0.368 e. The first-order valence-electron chi connectivity index (χ1n) is 4.77. The minimum absolute atomic E-state index is 0.0864. The van der Waals surface area contributed by atoms with E-state index >= 15 is 0 Å². The molecule has 0 aromatic carbocycles. The summed E-state index contributed by atoms with van der Waals surface area (Å²) in [7, 11) is 0. The van der Waals surface area contributed by atoms with Gasteiger partial charge in [0.1, 0.15) is 9.39 Å². The number of aromatic nitrogens is 1. The van der Waals surface area contributed by atoms with Gasteiger partial charge in [-0.2, -0.15) is 4.98 Å². The second-order valence-electron chi connectivity index (χ2n) is 4.19. The molecule has 0 atom stereocenters. The highest BCUT2D eigenvalue weighted by Gasteiger charge is 2.23. The Bertz CT molecular complexity index is 450. The number of hydrogen-bond donors (Lipinski definition) is 0. The molecular formula is C10H12BrNO4S. The van der Waals surface area contributed by atoms with Gasteiger partial charge in [-0.3, -0.25) is 4.79 Å². The second-order valence-corrected chi connectivity index (χ2v) is 6.51. The monoisotopic (exact) mass is 321 g/mol. The van der Waals surface area contributed by atoms with E-state index in [9.17, 15) is 9.59 Å². The third kappa shape index (κ3) is 4.43. The average molecular weight is 322 g/mol. The van der Waals surface area contributed by atoms with E-state index in [1.807, 2.05) is 0 Å². The molecule has 5 nitrogen and oxygen atoms in total. The Balaban J connectivity index is 2.86. The van der Waals surface area contributed by atoms with Crippen LogP contribution in [0, 0.1) is 0 Å². The Hall–Kier alpha value is -0.950. The summed E-state index contributed by atoms with van der Waals surface area (Å²) in [5, 5.41) is 0.142. The zero-order valence-corrected chi connectivity index (χ0v) is 12.3. The van der Waals surface area contributed by atoms with Crippen LogP contribution in [-0.2, 0) is 9.53 Å². The molecule has 1 heterocycles. The lowest BCUT2D eigenvalue weighted by Gasteiger charge is -2.18. The van der Waals surface area contributed by atoms with Gasteiger partial charge in [-0.15, -0.1) is 0 Å². The van der Waals surface area contributed by atoms with Crippen LogP contribution in [0.2, 0.25) is 0 Å². The summed E-state index contributed by atoms with van der Waals surface area (Å²) in [6.07, 6.45) is 0. The van der Waals surface area contributed by atoms with Crippen LogP contribution in [0.1, 0.15) is 37.5 Å². The predicted molar refractivity (Wildman–Crippen MR) is 66.3 cm³/mol. The van der Waals surface area contributed by atoms with Crippen molar-refractivity contribution in [1.29, 1.82) is 0 Å². The first-order chi connectivity index (χ1) is 7.69. The minimum atomic E-state index is -0.586. The maximum atomic E-state index is 11.7. The van der Waals surface area contributed by atoms with Crippen LogP contribution in [0.3, 0.4) is 0 Å². The van der Waals surface area contributed by atoms with Gasteiger partial charge < -0.3 is 9.47 Å². The molecule has 0 radical (unpaired) electrons. The third-order valence-electron chi connectivity index (χ3n) is 1.37. The Morgan fingerprint density at radius 1 is 1.35 bits per heavy atom. The fraction of sp³-hybridized carbons (Fsp3) is 0.500. The Morgan fingerprint density at radius 2 is 1.94 bits per heavy atom. The van der Waals surface area contributed by atoms with E-state index in [2.05, 4.69) is 20.9 Å². The lowest BCUT2D eigenvalue weighted by molar-refractivity contribution is -0.132. The van der Waals surface area contributed by atoms with Crippen molar-refractivity contribution in [1.82, 2.24) is 4.98 Å². The summed E-state index contributed by atoms with van der Waals surface area (Å²) in [6.45, 7) is 6.56. The summed E-state index contributed by atoms with van der Waals surface area (Å²) in [4.78, 5) is 26.3. The van der Waals surface area contributed by atoms with E-state index in [-0.39, 0.29) is 10.9 Å². The smallest absolute Gasteiger partial charge is 0.368 e. The normalized spacial score (nSPS) is 11.1. The molecule has 0 aliphatic rings. The van der Waals surface area contributed by atoms with Crippen LogP contribution in [0.15, 0.2) is 3.79 Å². The van der Waals surface area contributed by atoms with Gasteiger partial charge in [0.05, 0.1) is 0 Å². The van der Waals surface area contributed by atoms with Crippen LogP contribution in [-0.4, -0.2) is 22.5 Å². The quantitative estimate of drug-likeness (QED) is 0.783. The van der Waals surface area contributed by atoms with Gasteiger partial charge in [0.15, 0.2) is 0 Å². The van der Waals surface area contributed by atoms with Crippen molar-refractivity contribution in [3.63, 3.8) is 0 Å². The number of hydrogen-bond acceptors (Lipinski definition) is 6. The molecule has 0 aliphatic heterocycles. The number of nitrogens with zero attached hydrogens (tertiary/aromatic N) is 1. The van der Waals surface area contributed by atoms with Crippen molar-refractivity contribution in [2.75, 3.05) is 0 Å². The van der Waals surface area contributed by atoms with E-state index < -0.39 is 17.5 Å². The molecule has 1 rings (SSSR count). The van der Waals surface area contributed by atoms with Crippen LogP contribution < -0.4 is 4.74 Å². The highest BCUT2D eigenvalue weighted by molar-refractivity contribution is 9.11. The first kappa shape index (κ1) is 14.1. The summed E-state index contributed by atoms with van der Waals surface area (Å²) < 4.78 is 10.4. The Labute approximate surface area is 111 Å². The number of thiazole rings is 1. The summed E-state index contributed by atoms with van der Waals surface area (Å²) >= 11 is 4.22. The number of carbonyl (C=O) groups excluding carboxylic acids is 2. The predicted octanol–water partition coefficient (Wildman–Crippen LogP) is 2.79. The lowest BCUT2D eigenvalue weighted by Crippen LogP contribution is -2.23. The molecule has 0 N–H and O–H groups in total. The third-order valence-corrected chi connectivity index (χ3v) is 3.00. The van der Waals surface area contributed by atoms with Gasteiger partial charge >= 0.3 is 11.9 Å². The van der Waals surface area contributed by atoms with E-state index in [0.717, 1.165) is 11.3 Å². The Morgan fingerprint density at radius 3 is 2.41 bits per heavy atom. The van der Waals surface area contributed by atoms with Crippen molar-refractivity contribution in [2.24, 2.45) is 0 Å². The zero-order chi connectivity index (χ0) is 13.2. The first-order valence-corrected chi connectivity index (χ1v) is 6.38. The molecule has 0 bridgehead atoms. The molecule has 1 aromatic rings. The molecule has 17 heavy (non-hydrogen) atoms. The molecule has 0 saturated heterocycles. The topological polar surface area (TPSA) is 65.5 Å². The average Bonchev–Trinajstić information content (AvgIpc) is 2.44. The molecule has 0 saturated carbocycles. The largest absolute Gasteiger partial charge is 0.455 e. The highest BCUT2D eigenvalue weighted by atomic mass is 79.9. The SMILES string of the molecule is CC(=O)Oc1nc(C(=O)OC(C)(C)C)sc1Br. The number of halogens is 1. The van der Waals surface area contributed by atoms with Crippen molar-refractivity contribution in [3.8, 4) is 5.88 Å². The lowest BCUT2D eigenvalue weighted by atomic mass is 10.2. The van der Waals surface area contributed by atoms with Crippen molar-refractivity contribution < 1.29 is 19.1 Å². The number of ether oxygens (including phenoxy) is 2. The maximum absolute atomic E-state index is 11.7. The molecule has 1 aromatic heterocycles. The van der Waals surface area contributed by atoms with Crippen LogP contribution in [0.4, 0.5) is 0 Å². The molecule has 0 spiro atoms. The van der Waals surface area contributed by atoms with Crippen LogP contribution in [0.25, 0.3) is 0 Å². The highest BCUT2D eigenvalue weighted by Crippen LogP contribution is 2.32. The van der Waals surface area contributed by atoms with Gasteiger partial charge in [0, 0.05) is 6.92 Å². The standard InChI is InChI=1S/C10H12BrNO4S/c1-5(13)15-7-6(11)17-8(12-7)9(14)16-10(2,3)4/h1-4H3.